The molecule has 0 aromatic heterocycles. The van der Waals surface area contributed by atoms with Gasteiger partial charge in [0.1, 0.15) is 6.04 Å². The minimum absolute atomic E-state index is 0.00119. The van der Waals surface area contributed by atoms with Crippen molar-refractivity contribution in [3.05, 3.63) is 54.2 Å². The minimum Gasteiger partial charge on any atom is -0.480 e. The summed E-state index contributed by atoms with van der Waals surface area (Å²) < 4.78 is 0. The molecule has 132 valence electrons. The number of benzene rings is 1. The van der Waals surface area contributed by atoms with Gasteiger partial charge < -0.3 is 15.3 Å². The molecule has 2 rings (SSSR count). The number of nitrogens with zero attached hydrogens (tertiary/aromatic N) is 1. The predicted octanol–water partition coefficient (Wildman–Crippen LogP) is 2.49. The molecule has 0 aliphatic carbocycles. The fourth-order valence-corrected chi connectivity index (χ4v) is 2.88. The quantitative estimate of drug-likeness (QED) is 0.745. The predicted molar refractivity (Wildman–Crippen MR) is 94.4 cm³/mol. The highest BCUT2D eigenvalue weighted by Gasteiger charge is 2.29. The zero-order valence-electron chi connectivity index (χ0n) is 14.1. The number of aliphatic carboxylic acids is 1. The van der Waals surface area contributed by atoms with Crippen molar-refractivity contribution in [3.63, 3.8) is 0 Å². The fraction of sp³-hybridized carbons (Fsp3) is 0.316. The SMILES string of the molecule is C=CCCC(NC(=O)CC1c2ccccc2C=CN1C(C)=O)C(=O)O. The third-order valence-corrected chi connectivity index (χ3v) is 4.14. The number of carbonyl (C=O) groups excluding carboxylic acids is 2. The van der Waals surface area contributed by atoms with E-state index in [9.17, 15) is 19.5 Å². The van der Waals surface area contributed by atoms with E-state index in [1.807, 2.05) is 30.3 Å². The van der Waals surface area contributed by atoms with Crippen molar-refractivity contribution in [1.29, 1.82) is 0 Å². The lowest BCUT2D eigenvalue weighted by Gasteiger charge is -2.32. The van der Waals surface area contributed by atoms with Crippen LogP contribution in [0.15, 0.2) is 43.1 Å². The number of nitrogens with one attached hydrogen (secondary N) is 1. The van der Waals surface area contributed by atoms with Crippen LogP contribution in [-0.2, 0) is 14.4 Å². The monoisotopic (exact) mass is 342 g/mol. The van der Waals surface area contributed by atoms with E-state index in [-0.39, 0.29) is 18.7 Å². The number of allylic oxidation sites excluding steroid dienone is 1. The molecule has 2 unspecified atom stereocenters. The van der Waals surface area contributed by atoms with Gasteiger partial charge in [-0.05, 0) is 30.0 Å². The summed E-state index contributed by atoms with van der Waals surface area (Å²) in [7, 11) is 0. The van der Waals surface area contributed by atoms with Crippen LogP contribution in [0.3, 0.4) is 0 Å². The van der Waals surface area contributed by atoms with E-state index in [2.05, 4.69) is 11.9 Å². The van der Waals surface area contributed by atoms with Crippen LogP contribution in [0.25, 0.3) is 6.08 Å². The molecule has 0 spiro atoms. The first-order valence-corrected chi connectivity index (χ1v) is 8.13. The molecule has 25 heavy (non-hydrogen) atoms. The number of carboxylic acids is 1. The maximum absolute atomic E-state index is 12.4. The van der Waals surface area contributed by atoms with Crippen molar-refractivity contribution in [2.45, 2.75) is 38.3 Å². The second-order valence-electron chi connectivity index (χ2n) is 5.92. The Balaban J connectivity index is 2.16. The van der Waals surface area contributed by atoms with E-state index < -0.39 is 24.0 Å². The Morgan fingerprint density at radius 3 is 2.72 bits per heavy atom. The molecule has 0 saturated heterocycles. The van der Waals surface area contributed by atoms with Gasteiger partial charge in [-0.2, -0.15) is 0 Å². The molecule has 1 aliphatic rings. The highest BCUT2D eigenvalue weighted by molar-refractivity contribution is 5.85. The third-order valence-electron chi connectivity index (χ3n) is 4.14. The lowest BCUT2D eigenvalue weighted by atomic mass is 9.93. The maximum atomic E-state index is 12.4. The van der Waals surface area contributed by atoms with Crippen LogP contribution in [0, 0.1) is 0 Å². The summed E-state index contributed by atoms with van der Waals surface area (Å²) in [5, 5.41) is 11.8. The van der Waals surface area contributed by atoms with Crippen molar-refractivity contribution in [2.24, 2.45) is 0 Å². The van der Waals surface area contributed by atoms with Crippen molar-refractivity contribution in [1.82, 2.24) is 10.2 Å². The number of fused-ring (bicyclic) bond motifs is 1. The Labute approximate surface area is 146 Å². The molecule has 2 N–H and O–H groups in total. The summed E-state index contributed by atoms with van der Waals surface area (Å²) in [6.45, 7) is 5.00. The molecule has 2 atom stereocenters. The first-order valence-electron chi connectivity index (χ1n) is 8.13. The zero-order valence-corrected chi connectivity index (χ0v) is 14.1. The Bertz CT molecular complexity index is 711. The summed E-state index contributed by atoms with van der Waals surface area (Å²) in [4.78, 5) is 37.1. The van der Waals surface area contributed by atoms with Gasteiger partial charge in [-0.25, -0.2) is 4.79 Å². The van der Waals surface area contributed by atoms with Crippen molar-refractivity contribution < 1.29 is 19.5 Å². The normalized spacial score (nSPS) is 16.7. The molecule has 0 fully saturated rings. The second kappa shape index (κ2) is 8.28. The van der Waals surface area contributed by atoms with Crippen LogP contribution in [0.1, 0.15) is 43.4 Å². The molecule has 0 saturated carbocycles. The highest BCUT2D eigenvalue weighted by Crippen LogP contribution is 2.32. The van der Waals surface area contributed by atoms with Crippen LogP contribution >= 0.6 is 0 Å². The Kier molecular flexibility index (Phi) is 6.11. The van der Waals surface area contributed by atoms with Gasteiger partial charge in [0.2, 0.25) is 11.8 Å². The standard InChI is InChI=1S/C19H22N2O4/c1-3-4-9-16(19(24)25)20-18(23)12-17-15-8-6-5-7-14(15)10-11-21(17)13(2)22/h3,5-8,10-11,16-17H,1,4,9,12H2,2H3,(H,20,23)(H,24,25). The van der Waals surface area contributed by atoms with E-state index in [1.165, 1.54) is 11.8 Å². The molecule has 1 aromatic carbocycles. The molecule has 1 aliphatic heterocycles. The number of hydrogen-bond acceptors (Lipinski definition) is 3. The van der Waals surface area contributed by atoms with Crippen LogP contribution < -0.4 is 5.32 Å². The molecule has 1 heterocycles. The topological polar surface area (TPSA) is 86.7 Å². The summed E-state index contributed by atoms with van der Waals surface area (Å²) in [6.07, 6.45) is 5.87. The first kappa shape index (κ1) is 18.4. The molecule has 6 heteroatoms. The van der Waals surface area contributed by atoms with Gasteiger partial charge in [-0.15, -0.1) is 6.58 Å². The Morgan fingerprint density at radius 2 is 2.08 bits per heavy atom. The summed E-state index contributed by atoms with van der Waals surface area (Å²) >= 11 is 0. The Morgan fingerprint density at radius 1 is 1.36 bits per heavy atom. The van der Waals surface area contributed by atoms with Crippen LogP contribution in [-0.4, -0.2) is 33.8 Å². The number of rotatable bonds is 7. The van der Waals surface area contributed by atoms with Gasteiger partial charge in [0, 0.05) is 13.1 Å². The van der Waals surface area contributed by atoms with E-state index in [1.54, 1.807) is 12.3 Å². The highest BCUT2D eigenvalue weighted by atomic mass is 16.4. The summed E-state index contributed by atoms with van der Waals surface area (Å²) in [5.74, 6) is -1.66. The van der Waals surface area contributed by atoms with Crippen LogP contribution in [0.2, 0.25) is 0 Å². The van der Waals surface area contributed by atoms with E-state index in [0.29, 0.717) is 6.42 Å². The second-order valence-corrected chi connectivity index (χ2v) is 5.92. The molecule has 2 amide bonds. The van der Waals surface area contributed by atoms with Crippen LogP contribution in [0.4, 0.5) is 0 Å². The van der Waals surface area contributed by atoms with Gasteiger partial charge in [0.15, 0.2) is 0 Å². The number of carbonyl (C=O) groups is 3. The van der Waals surface area contributed by atoms with E-state index >= 15 is 0 Å². The summed E-state index contributed by atoms with van der Waals surface area (Å²) in [5.41, 5.74) is 1.81. The molecule has 0 radical (unpaired) electrons. The van der Waals surface area contributed by atoms with Gasteiger partial charge in [0.25, 0.3) is 0 Å². The average Bonchev–Trinajstić information content (AvgIpc) is 2.58. The van der Waals surface area contributed by atoms with Crippen LogP contribution in [0.5, 0.6) is 0 Å². The lowest BCUT2D eigenvalue weighted by Crippen LogP contribution is -2.42. The van der Waals surface area contributed by atoms with Gasteiger partial charge in [-0.1, -0.05) is 30.3 Å². The first-order chi connectivity index (χ1) is 11.9. The fourth-order valence-electron chi connectivity index (χ4n) is 2.88. The Hall–Kier alpha value is -2.89. The lowest BCUT2D eigenvalue weighted by molar-refractivity contribution is -0.142. The molecular formula is C19H22N2O4. The minimum atomic E-state index is -1.08. The molecule has 0 bridgehead atoms. The average molecular weight is 342 g/mol. The smallest absolute Gasteiger partial charge is 0.326 e. The van der Waals surface area contributed by atoms with Crippen molar-refractivity contribution in [3.8, 4) is 0 Å². The largest absolute Gasteiger partial charge is 0.480 e. The molecule has 1 aromatic rings. The number of carboxylic acid groups (broad SMARTS) is 1. The van der Waals surface area contributed by atoms with Crippen molar-refractivity contribution in [2.75, 3.05) is 0 Å². The number of amides is 2. The zero-order chi connectivity index (χ0) is 18.4. The van der Waals surface area contributed by atoms with Crippen molar-refractivity contribution >= 4 is 23.9 Å². The summed E-state index contributed by atoms with van der Waals surface area (Å²) in [6, 6.07) is 6.11. The van der Waals surface area contributed by atoms with E-state index in [4.69, 9.17) is 0 Å². The number of hydrogen-bond donors (Lipinski definition) is 2. The molecule has 6 nitrogen and oxygen atoms in total. The van der Waals surface area contributed by atoms with Gasteiger partial charge in [-0.3, -0.25) is 9.59 Å². The van der Waals surface area contributed by atoms with E-state index in [0.717, 1.165) is 11.1 Å². The van der Waals surface area contributed by atoms with Gasteiger partial charge >= 0.3 is 5.97 Å². The maximum Gasteiger partial charge on any atom is 0.326 e. The molecular weight excluding hydrogens is 320 g/mol. The van der Waals surface area contributed by atoms with Gasteiger partial charge in [0.05, 0.1) is 12.5 Å². The third kappa shape index (κ3) is 4.56.